The van der Waals surface area contributed by atoms with Crippen molar-refractivity contribution in [3.63, 3.8) is 0 Å². The van der Waals surface area contributed by atoms with Crippen molar-refractivity contribution in [2.75, 3.05) is 30.0 Å². The van der Waals surface area contributed by atoms with Gasteiger partial charge in [0.05, 0.1) is 16.6 Å². The normalized spacial score (nSPS) is 14.4. The fourth-order valence-corrected chi connectivity index (χ4v) is 3.28. The first-order valence-corrected chi connectivity index (χ1v) is 10.4. The van der Waals surface area contributed by atoms with Gasteiger partial charge in [-0.15, -0.1) is 0 Å². The lowest BCUT2D eigenvalue weighted by atomic mass is 10.1. The van der Waals surface area contributed by atoms with Gasteiger partial charge in [0.15, 0.2) is 27.2 Å². The number of carbonyl (C=O) groups is 1. The summed E-state index contributed by atoms with van der Waals surface area (Å²) in [5.41, 5.74) is 6.59. The first-order valence-electron chi connectivity index (χ1n) is 8.53. The van der Waals surface area contributed by atoms with Crippen LogP contribution >= 0.6 is 0 Å². The largest absolute Gasteiger partial charge is 0.364 e. The highest BCUT2D eigenvalue weighted by molar-refractivity contribution is 7.90. The maximum absolute atomic E-state index is 11.9. The number of anilines is 3. The van der Waals surface area contributed by atoms with E-state index in [1.807, 2.05) is 6.92 Å². The third-order valence-corrected chi connectivity index (χ3v) is 5.29. The summed E-state index contributed by atoms with van der Waals surface area (Å²) in [4.78, 5) is 20.9. The van der Waals surface area contributed by atoms with Gasteiger partial charge in [0.25, 0.3) is 5.91 Å². The average molecular weight is 390 g/mol. The van der Waals surface area contributed by atoms with Crippen LogP contribution in [-0.4, -0.2) is 49.7 Å². The fourth-order valence-electron chi connectivity index (χ4n) is 2.62. The molecule has 1 fully saturated rings. The average Bonchev–Trinajstić information content (AvgIpc) is 2.57. The Morgan fingerprint density at radius 1 is 1.30 bits per heavy atom. The first-order chi connectivity index (χ1) is 12.8. The van der Waals surface area contributed by atoms with E-state index in [4.69, 9.17) is 5.73 Å². The van der Waals surface area contributed by atoms with Crippen LogP contribution < -0.4 is 21.7 Å². The minimum Gasteiger partial charge on any atom is -0.364 e. The molecule has 1 aromatic heterocycles. The monoisotopic (exact) mass is 390 g/mol. The predicted molar refractivity (Wildman–Crippen MR) is 103 cm³/mol. The Hall–Kier alpha value is -2.72. The molecule has 27 heavy (non-hydrogen) atoms. The molecule has 2 heterocycles. The highest BCUT2D eigenvalue weighted by Crippen LogP contribution is 2.24. The molecule has 2 aromatic rings. The zero-order valence-electron chi connectivity index (χ0n) is 15.1. The summed E-state index contributed by atoms with van der Waals surface area (Å²) in [6.45, 7) is 3.56. The molecule has 10 heteroatoms. The zero-order chi connectivity index (χ0) is 19.6. The molecule has 0 atom stereocenters. The van der Waals surface area contributed by atoms with Crippen molar-refractivity contribution in [3.8, 4) is 0 Å². The minimum absolute atomic E-state index is 0.00823. The molecule has 0 spiro atoms. The first kappa shape index (κ1) is 19.1. The molecule has 0 unspecified atom stereocenters. The summed E-state index contributed by atoms with van der Waals surface area (Å²) >= 11 is 0. The van der Waals surface area contributed by atoms with Crippen LogP contribution in [0.5, 0.6) is 0 Å². The van der Waals surface area contributed by atoms with E-state index in [0.29, 0.717) is 23.6 Å². The molecule has 5 N–H and O–H groups in total. The molecule has 1 aromatic carbocycles. The van der Waals surface area contributed by atoms with Crippen LogP contribution in [0.2, 0.25) is 0 Å². The molecule has 1 amide bonds. The number of hydrogen-bond acceptors (Lipinski definition) is 8. The number of aromatic nitrogens is 2. The van der Waals surface area contributed by atoms with Gasteiger partial charge in [-0.3, -0.25) is 4.79 Å². The number of carbonyl (C=O) groups excluding carboxylic acids is 1. The number of nitrogens with one attached hydrogen (secondary N) is 3. The van der Waals surface area contributed by atoms with Crippen LogP contribution in [-0.2, 0) is 16.3 Å². The molecule has 0 radical (unpaired) electrons. The van der Waals surface area contributed by atoms with Crippen molar-refractivity contribution >= 4 is 33.1 Å². The fraction of sp³-hybridized carbons (Fsp3) is 0.353. The summed E-state index contributed by atoms with van der Waals surface area (Å²) in [6.07, 6.45) is 1.71. The van der Waals surface area contributed by atoms with Crippen LogP contribution in [0, 0.1) is 0 Å². The van der Waals surface area contributed by atoms with Gasteiger partial charge in [0.2, 0.25) is 0 Å². The van der Waals surface area contributed by atoms with E-state index in [-0.39, 0.29) is 22.4 Å². The lowest BCUT2D eigenvalue weighted by molar-refractivity contribution is 0.0996. The number of benzene rings is 1. The van der Waals surface area contributed by atoms with Gasteiger partial charge in [-0.2, -0.15) is 0 Å². The molecule has 1 aliphatic rings. The molecule has 0 saturated carbocycles. The topological polar surface area (TPSA) is 139 Å². The number of rotatable bonds is 7. The van der Waals surface area contributed by atoms with Gasteiger partial charge in [-0.05, 0) is 24.6 Å². The second kappa shape index (κ2) is 7.49. The number of aryl methyl sites for hydroxylation is 1. The Labute approximate surface area is 157 Å². The minimum atomic E-state index is -3.36. The lowest BCUT2D eigenvalue weighted by Gasteiger charge is -2.29. The molecule has 1 saturated heterocycles. The maximum atomic E-state index is 11.9. The van der Waals surface area contributed by atoms with Crippen LogP contribution in [0.25, 0.3) is 0 Å². The predicted octanol–water partition coefficient (Wildman–Crippen LogP) is 0.669. The third kappa shape index (κ3) is 4.34. The van der Waals surface area contributed by atoms with E-state index in [2.05, 4.69) is 25.9 Å². The SMILES string of the molecule is CCc1nc(C(N)=O)c(Nc2cccc(S(C)(=O)=O)c2)nc1NC1CNC1. The molecule has 9 nitrogen and oxygen atoms in total. The number of nitrogens with zero attached hydrogens (tertiary/aromatic N) is 2. The molecular formula is C17H22N6O3S. The van der Waals surface area contributed by atoms with Crippen molar-refractivity contribution < 1.29 is 13.2 Å². The lowest BCUT2D eigenvalue weighted by Crippen LogP contribution is -2.51. The standard InChI is InChI=1S/C17H22N6O3S/c1-3-13-16(21-11-8-19-9-11)23-17(14(22-13)15(18)24)20-10-5-4-6-12(7-10)27(2,25)26/h4-7,11,19H,3,8-9H2,1-2H3,(H2,18,24)(H2,20,21,23). The maximum Gasteiger partial charge on any atom is 0.271 e. The molecule has 144 valence electrons. The van der Waals surface area contributed by atoms with Crippen molar-refractivity contribution in [2.45, 2.75) is 24.3 Å². The van der Waals surface area contributed by atoms with E-state index in [0.717, 1.165) is 19.3 Å². The number of nitrogens with two attached hydrogens (primary N) is 1. The molecule has 1 aliphatic heterocycles. The van der Waals surface area contributed by atoms with Crippen LogP contribution in [0.15, 0.2) is 29.2 Å². The smallest absolute Gasteiger partial charge is 0.271 e. The molecular weight excluding hydrogens is 368 g/mol. The second-order valence-electron chi connectivity index (χ2n) is 6.36. The zero-order valence-corrected chi connectivity index (χ0v) is 15.9. The van der Waals surface area contributed by atoms with Crippen LogP contribution in [0.3, 0.4) is 0 Å². The van der Waals surface area contributed by atoms with Gasteiger partial charge in [0, 0.05) is 25.0 Å². The van der Waals surface area contributed by atoms with Gasteiger partial charge in [0.1, 0.15) is 0 Å². The highest BCUT2D eigenvalue weighted by atomic mass is 32.2. The Bertz CT molecular complexity index is 973. The quantitative estimate of drug-likeness (QED) is 0.541. The van der Waals surface area contributed by atoms with Crippen LogP contribution in [0.4, 0.5) is 17.3 Å². The number of sulfone groups is 1. The van der Waals surface area contributed by atoms with Crippen molar-refractivity contribution in [3.05, 3.63) is 35.7 Å². The van der Waals surface area contributed by atoms with Crippen molar-refractivity contribution in [1.29, 1.82) is 0 Å². The Morgan fingerprint density at radius 3 is 2.59 bits per heavy atom. The van der Waals surface area contributed by atoms with E-state index in [9.17, 15) is 13.2 Å². The van der Waals surface area contributed by atoms with Crippen molar-refractivity contribution in [2.24, 2.45) is 5.73 Å². The summed E-state index contributed by atoms with van der Waals surface area (Å²) in [5, 5.41) is 9.44. The van der Waals surface area contributed by atoms with E-state index in [1.54, 1.807) is 12.1 Å². The van der Waals surface area contributed by atoms with Gasteiger partial charge in [-0.25, -0.2) is 18.4 Å². The Balaban J connectivity index is 1.99. The van der Waals surface area contributed by atoms with E-state index < -0.39 is 15.7 Å². The van der Waals surface area contributed by atoms with E-state index >= 15 is 0 Å². The number of hydrogen-bond donors (Lipinski definition) is 4. The third-order valence-electron chi connectivity index (χ3n) is 4.18. The van der Waals surface area contributed by atoms with Crippen LogP contribution in [0.1, 0.15) is 23.1 Å². The van der Waals surface area contributed by atoms with Gasteiger partial charge in [-0.1, -0.05) is 13.0 Å². The number of amides is 1. The second-order valence-corrected chi connectivity index (χ2v) is 8.37. The Kier molecular flexibility index (Phi) is 5.29. The van der Waals surface area contributed by atoms with Crippen molar-refractivity contribution in [1.82, 2.24) is 15.3 Å². The van der Waals surface area contributed by atoms with Gasteiger partial charge >= 0.3 is 0 Å². The summed E-state index contributed by atoms with van der Waals surface area (Å²) in [5.74, 6) is 0.0479. The number of primary amides is 1. The molecule has 0 aliphatic carbocycles. The summed E-state index contributed by atoms with van der Waals surface area (Å²) in [6, 6.07) is 6.50. The summed E-state index contributed by atoms with van der Waals surface area (Å²) in [7, 11) is -3.36. The summed E-state index contributed by atoms with van der Waals surface area (Å²) < 4.78 is 23.5. The van der Waals surface area contributed by atoms with Gasteiger partial charge < -0.3 is 21.7 Å². The van der Waals surface area contributed by atoms with E-state index in [1.165, 1.54) is 12.1 Å². The Morgan fingerprint density at radius 2 is 2.04 bits per heavy atom. The highest BCUT2D eigenvalue weighted by Gasteiger charge is 2.22. The molecule has 3 rings (SSSR count). The molecule has 0 bridgehead atoms.